The second kappa shape index (κ2) is 8.74. The fraction of sp³-hybridized carbons (Fsp3) is 0.423. The minimum Gasteiger partial charge on any atom is -0.368 e. The molecule has 1 amide bonds. The lowest BCUT2D eigenvalue weighted by atomic mass is 9.77. The number of nitrogens with zero attached hydrogens (tertiary/aromatic N) is 2. The highest BCUT2D eigenvalue weighted by Crippen LogP contribution is 2.39. The molecule has 0 bridgehead atoms. The van der Waals surface area contributed by atoms with Crippen LogP contribution in [0.2, 0.25) is 0 Å². The van der Waals surface area contributed by atoms with E-state index in [9.17, 15) is 9.18 Å². The number of amides is 1. The molecule has 2 fully saturated rings. The zero-order valence-electron chi connectivity index (χ0n) is 17.9. The van der Waals surface area contributed by atoms with Crippen molar-refractivity contribution in [3.05, 3.63) is 66.1 Å². The molecule has 2 aliphatic rings. The van der Waals surface area contributed by atoms with E-state index in [0.717, 1.165) is 57.5 Å². The van der Waals surface area contributed by atoms with E-state index in [1.165, 1.54) is 28.6 Å². The molecule has 1 saturated carbocycles. The number of carbonyl (C=O) groups is 1. The highest BCUT2D eigenvalue weighted by atomic mass is 19.1. The fourth-order valence-corrected chi connectivity index (χ4v) is 5.35. The minimum atomic E-state index is -0.211. The molecule has 0 spiro atoms. The zero-order valence-corrected chi connectivity index (χ0v) is 17.9. The van der Waals surface area contributed by atoms with Crippen molar-refractivity contribution in [1.82, 2.24) is 9.88 Å². The summed E-state index contributed by atoms with van der Waals surface area (Å²) in [4.78, 5) is 20.6. The van der Waals surface area contributed by atoms with Crippen LogP contribution in [0.3, 0.4) is 0 Å². The molecule has 0 atom stereocenters. The molecule has 1 N–H and O–H groups in total. The topological polar surface area (TPSA) is 39.3 Å². The lowest BCUT2D eigenvalue weighted by molar-refractivity contribution is -0.132. The molecular weight excluding hydrogens is 389 g/mol. The molecule has 2 heterocycles. The molecule has 0 unspecified atom stereocenters. The van der Waals surface area contributed by atoms with E-state index in [1.54, 1.807) is 0 Å². The lowest BCUT2D eigenvalue weighted by Crippen LogP contribution is -2.49. The third kappa shape index (κ3) is 4.32. The SMILES string of the molecule is O=C(CC1CCC(c2c[nH]c3ccccc23)CC1)N1CCN(c2ccc(F)cc2)CC1. The number of rotatable bonds is 4. The zero-order chi connectivity index (χ0) is 21.2. The van der Waals surface area contributed by atoms with Crippen LogP contribution in [0.1, 0.15) is 43.6 Å². The number of benzene rings is 2. The molecule has 1 aliphatic heterocycles. The maximum absolute atomic E-state index is 13.1. The van der Waals surface area contributed by atoms with Crippen LogP contribution in [0.4, 0.5) is 10.1 Å². The Bertz CT molecular complexity index is 1030. The number of nitrogens with one attached hydrogen (secondary N) is 1. The number of carbonyl (C=O) groups excluding carboxylic acids is 1. The number of para-hydroxylation sites is 1. The predicted molar refractivity (Wildman–Crippen MR) is 123 cm³/mol. The number of aromatic amines is 1. The molecule has 0 radical (unpaired) electrons. The molecule has 31 heavy (non-hydrogen) atoms. The first kappa shape index (κ1) is 20.1. The van der Waals surface area contributed by atoms with Crippen LogP contribution in [-0.4, -0.2) is 42.0 Å². The van der Waals surface area contributed by atoms with Gasteiger partial charge in [-0.2, -0.15) is 0 Å². The number of aromatic nitrogens is 1. The number of hydrogen-bond acceptors (Lipinski definition) is 2. The first-order valence-electron chi connectivity index (χ1n) is 11.5. The van der Waals surface area contributed by atoms with E-state index in [-0.39, 0.29) is 5.82 Å². The van der Waals surface area contributed by atoms with Crippen molar-refractivity contribution >= 4 is 22.5 Å². The monoisotopic (exact) mass is 419 g/mol. The minimum absolute atomic E-state index is 0.211. The molecule has 3 aromatic rings. The molecule has 5 heteroatoms. The average Bonchev–Trinajstić information content (AvgIpc) is 3.24. The third-order valence-electron chi connectivity index (χ3n) is 7.20. The summed E-state index contributed by atoms with van der Waals surface area (Å²) in [6, 6.07) is 15.2. The quantitative estimate of drug-likeness (QED) is 0.622. The van der Waals surface area contributed by atoms with Gasteiger partial charge in [-0.3, -0.25) is 4.79 Å². The Kier molecular flexibility index (Phi) is 5.66. The second-order valence-corrected chi connectivity index (χ2v) is 9.06. The summed E-state index contributed by atoms with van der Waals surface area (Å²) in [6.45, 7) is 3.12. The van der Waals surface area contributed by atoms with Crippen molar-refractivity contribution in [2.24, 2.45) is 5.92 Å². The first-order chi connectivity index (χ1) is 15.2. The van der Waals surface area contributed by atoms with Gasteiger partial charge >= 0.3 is 0 Å². The van der Waals surface area contributed by atoms with Crippen molar-refractivity contribution in [1.29, 1.82) is 0 Å². The van der Waals surface area contributed by atoms with Crippen molar-refractivity contribution in [3.8, 4) is 0 Å². The van der Waals surface area contributed by atoms with Gasteiger partial charge in [-0.15, -0.1) is 0 Å². The molecule has 2 aromatic carbocycles. The summed E-state index contributed by atoms with van der Waals surface area (Å²) in [6.07, 6.45) is 7.45. The van der Waals surface area contributed by atoms with Crippen LogP contribution in [0.25, 0.3) is 10.9 Å². The van der Waals surface area contributed by atoms with Crippen LogP contribution in [-0.2, 0) is 4.79 Å². The summed E-state index contributed by atoms with van der Waals surface area (Å²) < 4.78 is 13.1. The van der Waals surface area contributed by atoms with Gasteiger partial charge in [-0.25, -0.2) is 4.39 Å². The standard InChI is InChI=1S/C26H30FN3O/c27-21-9-11-22(12-10-21)29-13-15-30(16-14-29)26(31)17-19-5-7-20(8-6-19)24-18-28-25-4-2-1-3-23(24)25/h1-4,9-12,18-20,28H,5-8,13-17H2. The Morgan fingerprint density at radius 3 is 2.39 bits per heavy atom. The molecule has 1 aliphatic carbocycles. The summed E-state index contributed by atoms with van der Waals surface area (Å²) in [7, 11) is 0. The Labute approximate surface area is 183 Å². The van der Waals surface area contributed by atoms with Crippen molar-refractivity contribution in [2.45, 2.75) is 38.0 Å². The predicted octanol–water partition coefficient (Wildman–Crippen LogP) is 5.32. The van der Waals surface area contributed by atoms with Gasteiger partial charge in [0.25, 0.3) is 0 Å². The first-order valence-corrected chi connectivity index (χ1v) is 11.5. The van der Waals surface area contributed by atoms with Crippen molar-refractivity contribution in [2.75, 3.05) is 31.1 Å². The Morgan fingerprint density at radius 1 is 0.935 bits per heavy atom. The number of halogens is 1. The smallest absolute Gasteiger partial charge is 0.222 e. The van der Waals surface area contributed by atoms with Crippen molar-refractivity contribution < 1.29 is 9.18 Å². The maximum Gasteiger partial charge on any atom is 0.222 e. The summed E-state index contributed by atoms with van der Waals surface area (Å²) in [5.74, 6) is 1.19. The van der Waals surface area contributed by atoms with Crippen LogP contribution in [0.5, 0.6) is 0 Å². The van der Waals surface area contributed by atoms with Gasteiger partial charge in [0.05, 0.1) is 0 Å². The lowest BCUT2D eigenvalue weighted by Gasteiger charge is -2.37. The van der Waals surface area contributed by atoms with Gasteiger partial charge in [-0.1, -0.05) is 18.2 Å². The Balaban J connectivity index is 1.11. The number of H-pyrrole nitrogens is 1. The highest BCUT2D eigenvalue weighted by Gasteiger charge is 2.28. The number of hydrogen-bond donors (Lipinski definition) is 1. The third-order valence-corrected chi connectivity index (χ3v) is 7.20. The Hall–Kier alpha value is -2.82. The molecular formula is C26H30FN3O. The van der Waals surface area contributed by atoms with Gasteiger partial charge in [-0.05, 0) is 73.4 Å². The van der Waals surface area contributed by atoms with Crippen LogP contribution in [0, 0.1) is 11.7 Å². The summed E-state index contributed by atoms with van der Waals surface area (Å²) in [5, 5.41) is 1.35. The van der Waals surface area contributed by atoms with E-state index in [4.69, 9.17) is 0 Å². The Morgan fingerprint density at radius 2 is 1.65 bits per heavy atom. The van der Waals surface area contributed by atoms with E-state index >= 15 is 0 Å². The number of piperazine rings is 1. The molecule has 4 nitrogen and oxygen atoms in total. The van der Waals surface area contributed by atoms with E-state index < -0.39 is 0 Å². The second-order valence-electron chi connectivity index (χ2n) is 9.06. The van der Waals surface area contributed by atoms with Gasteiger partial charge in [0.1, 0.15) is 5.82 Å². The molecule has 5 rings (SSSR count). The average molecular weight is 420 g/mol. The van der Waals surface area contributed by atoms with Gasteiger partial charge < -0.3 is 14.8 Å². The van der Waals surface area contributed by atoms with Crippen LogP contribution >= 0.6 is 0 Å². The highest BCUT2D eigenvalue weighted by molar-refractivity contribution is 5.83. The van der Waals surface area contributed by atoms with Gasteiger partial charge in [0, 0.05) is 55.4 Å². The van der Waals surface area contributed by atoms with E-state index in [1.807, 2.05) is 17.0 Å². The molecule has 162 valence electrons. The molecule has 1 saturated heterocycles. The van der Waals surface area contributed by atoms with E-state index in [2.05, 4.69) is 40.3 Å². The summed E-state index contributed by atoms with van der Waals surface area (Å²) in [5.41, 5.74) is 3.69. The van der Waals surface area contributed by atoms with Crippen LogP contribution < -0.4 is 4.90 Å². The van der Waals surface area contributed by atoms with Crippen molar-refractivity contribution in [3.63, 3.8) is 0 Å². The number of anilines is 1. The molecule has 1 aromatic heterocycles. The van der Waals surface area contributed by atoms with Crippen LogP contribution in [0.15, 0.2) is 54.7 Å². The number of fused-ring (bicyclic) bond motifs is 1. The van der Waals surface area contributed by atoms with Gasteiger partial charge in [0.15, 0.2) is 0 Å². The fourth-order valence-electron chi connectivity index (χ4n) is 5.35. The van der Waals surface area contributed by atoms with Gasteiger partial charge in [0.2, 0.25) is 5.91 Å². The summed E-state index contributed by atoms with van der Waals surface area (Å²) >= 11 is 0. The normalized spacial score (nSPS) is 22.1. The maximum atomic E-state index is 13.1. The van der Waals surface area contributed by atoms with E-state index in [0.29, 0.717) is 24.2 Å². The largest absolute Gasteiger partial charge is 0.368 e.